The molecule has 0 bridgehead atoms. The van der Waals surface area contributed by atoms with Crippen molar-refractivity contribution in [3.8, 4) is 6.07 Å². The number of hydrogen-bond donors (Lipinski definition) is 1. The van der Waals surface area contributed by atoms with Crippen LogP contribution in [0.5, 0.6) is 0 Å². The van der Waals surface area contributed by atoms with E-state index in [4.69, 9.17) is 0 Å². The van der Waals surface area contributed by atoms with E-state index in [1.807, 2.05) is 17.5 Å². The number of nitriles is 1. The Morgan fingerprint density at radius 2 is 2.18 bits per heavy atom. The van der Waals surface area contributed by atoms with Crippen molar-refractivity contribution in [3.05, 3.63) is 22.4 Å². The summed E-state index contributed by atoms with van der Waals surface area (Å²) in [7, 11) is 1.61. The number of fused-ring (bicyclic) bond motifs is 1. The third kappa shape index (κ3) is 1.77. The van der Waals surface area contributed by atoms with Crippen molar-refractivity contribution in [2.24, 2.45) is 5.41 Å². The fourth-order valence-electron chi connectivity index (χ4n) is 3.49. The fraction of sp³-hybridized carbons (Fsp3) is 0.533. The highest BCUT2D eigenvalue weighted by Crippen LogP contribution is 2.58. The first kappa shape index (κ1) is 15.4. The van der Waals surface area contributed by atoms with Crippen LogP contribution in [0.2, 0.25) is 0 Å². The third-order valence-electron chi connectivity index (χ3n) is 4.78. The largest absolute Gasteiger partial charge is 0.331 e. The molecule has 1 aromatic rings. The Morgan fingerprint density at radius 3 is 2.73 bits per heavy atom. The Labute approximate surface area is 138 Å². The molecule has 0 aliphatic carbocycles. The number of hydrogen-bond acceptors (Lipinski definition) is 5. The monoisotopic (exact) mass is 335 g/mol. The van der Waals surface area contributed by atoms with Gasteiger partial charge >= 0.3 is 0 Å². The molecular formula is C15H17N3O2S2. The smallest absolute Gasteiger partial charge is 0.259 e. The first-order valence-electron chi connectivity index (χ1n) is 7.04. The van der Waals surface area contributed by atoms with Gasteiger partial charge in [0, 0.05) is 18.3 Å². The lowest BCUT2D eigenvalue weighted by Gasteiger charge is -2.46. The molecule has 0 radical (unpaired) electrons. The van der Waals surface area contributed by atoms with Crippen molar-refractivity contribution in [1.82, 2.24) is 9.80 Å². The minimum atomic E-state index is -1.25. The van der Waals surface area contributed by atoms with Gasteiger partial charge in [0.1, 0.15) is 6.04 Å². The molecule has 2 aliphatic rings. The van der Waals surface area contributed by atoms with Crippen LogP contribution in [0, 0.1) is 16.7 Å². The molecule has 5 nitrogen and oxygen atoms in total. The van der Waals surface area contributed by atoms with Crippen LogP contribution < -0.4 is 0 Å². The predicted molar refractivity (Wildman–Crippen MR) is 86.2 cm³/mol. The van der Waals surface area contributed by atoms with Crippen LogP contribution in [-0.2, 0) is 9.59 Å². The number of piperazine rings is 1. The Bertz CT molecular complexity index is 683. The van der Waals surface area contributed by atoms with Gasteiger partial charge in [-0.05, 0) is 25.3 Å². The van der Waals surface area contributed by atoms with E-state index >= 15 is 0 Å². The Hall–Kier alpha value is -1.52. The van der Waals surface area contributed by atoms with E-state index in [1.54, 1.807) is 20.9 Å². The SMILES string of the molecule is CC1C(=O)N2[C@H](c3cccs3)[C@](C)(C#N)C[C@@]2(S)C(=O)N1C. The van der Waals surface area contributed by atoms with E-state index in [0.717, 1.165) is 4.88 Å². The van der Waals surface area contributed by atoms with E-state index in [0.29, 0.717) is 0 Å². The quantitative estimate of drug-likeness (QED) is 0.799. The average Bonchev–Trinajstić information content (AvgIpc) is 3.08. The molecule has 0 spiro atoms. The van der Waals surface area contributed by atoms with Crippen molar-refractivity contribution >= 4 is 35.8 Å². The van der Waals surface area contributed by atoms with E-state index in [1.165, 1.54) is 21.1 Å². The number of thiol groups is 1. The van der Waals surface area contributed by atoms with Crippen molar-refractivity contribution in [2.75, 3.05) is 7.05 Å². The van der Waals surface area contributed by atoms with E-state index in [9.17, 15) is 14.9 Å². The summed E-state index contributed by atoms with van der Waals surface area (Å²) in [6.07, 6.45) is 0.226. The van der Waals surface area contributed by atoms with Gasteiger partial charge in [-0.2, -0.15) is 5.26 Å². The molecule has 2 amide bonds. The number of carbonyl (C=O) groups excluding carboxylic acids is 2. The predicted octanol–water partition coefficient (Wildman–Crippen LogP) is 2.04. The molecule has 0 N–H and O–H groups in total. The fourth-order valence-corrected chi connectivity index (χ4v) is 5.16. The lowest BCUT2D eigenvalue weighted by atomic mass is 9.82. The van der Waals surface area contributed by atoms with Gasteiger partial charge in [0.05, 0.1) is 17.5 Å². The average molecular weight is 335 g/mol. The van der Waals surface area contributed by atoms with Crippen LogP contribution in [0.3, 0.4) is 0 Å². The van der Waals surface area contributed by atoms with Gasteiger partial charge in [0.2, 0.25) is 5.91 Å². The second-order valence-corrected chi connectivity index (χ2v) is 7.96. The number of rotatable bonds is 1. The first-order chi connectivity index (χ1) is 10.3. The van der Waals surface area contributed by atoms with Crippen molar-refractivity contribution < 1.29 is 9.59 Å². The van der Waals surface area contributed by atoms with Gasteiger partial charge in [-0.15, -0.1) is 24.0 Å². The summed E-state index contributed by atoms with van der Waals surface area (Å²) in [6, 6.07) is 5.14. The number of nitrogens with zero attached hydrogens (tertiary/aromatic N) is 3. The zero-order valence-electron chi connectivity index (χ0n) is 12.6. The van der Waals surface area contributed by atoms with Gasteiger partial charge in [0.25, 0.3) is 5.91 Å². The van der Waals surface area contributed by atoms with Crippen LogP contribution in [-0.4, -0.2) is 39.6 Å². The summed E-state index contributed by atoms with van der Waals surface area (Å²) in [5, 5.41) is 11.6. The highest BCUT2D eigenvalue weighted by molar-refractivity contribution is 7.82. The summed E-state index contributed by atoms with van der Waals surface area (Å²) < 4.78 is 0. The normalized spacial score (nSPS) is 38.1. The molecule has 2 aliphatic heterocycles. The van der Waals surface area contributed by atoms with Crippen molar-refractivity contribution in [1.29, 1.82) is 5.26 Å². The maximum absolute atomic E-state index is 12.9. The number of likely N-dealkylation sites (N-methyl/N-ethyl adjacent to an activating group) is 1. The second kappa shape index (κ2) is 4.74. The molecule has 2 saturated heterocycles. The Morgan fingerprint density at radius 1 is 1.50 bits per heavy atom. The van der Waals surface area contributed by atoms with Gasteiger partial charge in [-0.1, -0.05) is 6.07 Å². The van der Waals surface area contributed by atoms with Crippen molar-refractivity contribution in [2.45, 2.75) is 37.2 Å². The van der Waals surface area contributed by atoms with Crippen LogP contribution in [0.4, 0.5) is 0 Å². The topological polar surface area (TPSA) is 64.4 Å². The van der Waals surface area contributed by atoms with Crippen LogP contribution >= 0.6 is 24.0 Å². The van der Waals surface area contributed by atoms with E-state index < -0.39 is 22.4 Å². The summed E-state index contributed by atoms with van der Waals surface area (Å²) in [5.41, 5.74) is -0.844. The molecule has 22 heavy (non-hydrogen) atoms. The maximum Gasteiger partial charge on any atom is 0.259 e. The van der Waals surface area contributed by atoms with Gasteiger partial charge < -0.3 is 9.80 Å². The summed E-state index contributed by atoms with van der Waals surface area (Å²) >= 11 is 6.08. The standard InChI is InChI=1S/C15H17N3O2S2/c1-9-12(19)18-11(10-5-4-6-22-10)14(2,8-16)7-15(18,21)13(20)17(9)3/h4-6,9,11,21H,7H2,1-3H3/t9?,11-,14+,15-/m1/s1. The molecule has 1 aromatic heterocycles. The summed E-state index contributed by atoms with van der Waals surface area (Å²) in [4.78, 5) is 28.2. The van der Waals surface area contributed by atoms with E-state index in [2.05, 4.69) is 18.7 Å². The maximum atomic E-state index is 12.9. The molecule has 2 fully saturated rings. The van der Waals surface area contributed by atoms with Crippen molar-refractivity contribution in [3.63, 3.8) is 0 Å². The van der Waals surface area contributed by atoms with Crippen LogP contribution in [0.1, 0.15) is 31.2 Å². The van der Waals surface area contributed by atoms with Crippen LogP contribution in [0.15, 0.2) is 17.5 Å². The molecule has 3 rings (SSSR count). The lowest BCUT2D eigenvalue weighted by molar-refractivity contribution is -0.161. The minimum absolute atomic E-state index is 0.158. The summed E-state index contributed by atoms with van der Waals surface area (Å²) in [6.45, 7) is 3.51. The number of thiophene rings is 1. The molecule has 4 atom stereocenters. The van der Waals surface area contributed by atoms with Gasteiger partial charge in [-0.3, -0.25) is 9.59 Å². The molecule has 3 heterocycles. The Balaban J connectivity index is 2.20. The molecule has 0 saturated carbocycles. The van der Waals surface area contributed by atoms with Crippen LogP contribution in [0.25, 0.3) is 0 Å². The Kier molecular flexibility index (Phi) is 3.31. The minimum Gasteiger partial charge on any atom is -0.331 e. The zero-order chi connectivity index (χ0) is 16.3. The van der Waals surface area contributed by atoms with Gasteiger partial charge in [-0.25, -0.2) is 0 Å². The molecule has 7 heteroatoms. The number of carbonyl (C=O) groups is 2. The molecular weight excluding hydrogens is 318 g/mol. The lowest BCUT2D eigenvalue weighted by Crippen LogP contribution is -2.65. The highest BCUT2D eigenvalue weighted by Gasteiger charge is 2.66. The first-order valence-corrected chi connectivity index (χ1v) is 8.36. The second-order valence-electron chi connectivity index (χ2n) is 6.24. The molecule has 1 unspecified atom stereocenters. The van der Waals surface area contributed by atoms with Gasteiger partial charge in [0.15, 0.2) is 4.87 Å². The molecule has 0 aromatic carbocycles. The summed E-state index contributed by atoms with van der Waals surface area (Å²) in [5.74, 6) is -0.377. The molecule has 116 valence electrons. The zero-order valence-corrected chi connectivity index (χ0v) is 14.3. The third-order valence-corrected chi connectivity index (χ3v) is 6.27. The highest BCUT2D eigenvalue weighted by atomic mass is 32.1. The van der Waals surface area contributed by atoms with E-state index in [-0.39, 0.29) is 18.2 Å². The number of amides is 2.